The molecule has 1 aliphatic heterocycles. The number of thiazole rings is 1. The van der Waals surface area contributed by atoms with E-state index in [1.807, 2.05) is 31.3 Å². The first kappa shape index (κ1) is 18.1. The van der Waals surface area contributed by atoms with E-state index >= 15 is 0 Å². The minimum absolute atomic E-state index is 0.0368. The van der Waals surface area contributed by atoms with Crippen LogP contribution < -0.4 is 10.2 Å². The van der Waals surface area contributed by atoms with Gasteiger partial charge in [0.2, 0.25) is 0 Å². The summed E-state index contributed by atoms with van der Waals surface area (Å²) in [6.45, 7) is 0.600. The summed E-state index contributed by atoms with van der Waals surface area (Å²) in [4.78, 5) is 20.9. The Kier molecular flexibility index (Phi) is 5.18. The lowest BCUT2D eigenvalue weighted by molar-refractivity contribution is 0.229. The van der Waals surface area contributed by atoms with Crippen molar-refractivity contribution in [3.8, 4) is 0 Å². The zero-order chi connectivity index (χ0) is 18.8. The Bertz CT molecular complexity index is 910. The smallest absolute Gasteiger partial charge is 0.327 e. The fraction of sp³-hybridized carbons (Fsp3) is 0.300. The van der Waals surface area contributed by atoms with Gasteiger partial charge in [0.05, 0.1) is 16.8 Å². The van der Waals surface area contributed by atoms with Crippen LogP contribution in [-0.2, 0) is 6.42 Å². The molecule has 0 saturated carbocycles. The topological polar surface area (TPSA) is 48.5 Å². The number of halogens is 1. The highest BCUT2D eigenvalue weighted by atomic mass is 35.5. The largest absolute Gasteiger partial charge is 0.363 e. The second-order valence-electron chi connectivity index (χ2n) is 6.65. The highest BCUT2D eigenvalue weighted by Gasteiger charge is 2.38. The maximum atomic E-state index is 12.7. The van der Waals surface area contributed by atoms with Crippen molar-refractivity contribution in [2.75, 3.05) is 29.7 Å². The van der Waals surface area contributed by atoms with E-state index in [2.05, 4.69) is 34.6 Å². The summed E-state index contributed by atoms with van der Waals surface area (Å²) in [6, 6.07) is 16.3. The number of urea groups is 1. The minimum atomic E-state index is -0.156. The van der Waals surface area contributed by atoms with Gasteiger partial charge in [0.1, 0.15) is 6.17 Å². The van der Waals surface area contributed by atoms with Crippen molar-refractivity contribution in [3.05, 3.63) is 54.1 Å². The maximum absolute atomic E-state index is 12.7. The summed E-state index contributed by atoms with van der Waals surface area (Å²) in [6.07, 6.45) is 1.80. The van der Waals surface area contributed by atoms with Crippen LogP contribution in [0, 0.1) is 0 Å². The summed E-state index contributed by atoms with van der Waals surface area (Å²) < 4.78 is 1.08. The molecule has 7 heteroatoms. The predicted octanol–water partition coefficient (Wildman–Crippen LogP) is 4.78. The van der Waals surface area contributed by atoms with E-state index in [-0.39, 0.29) is 12.2 Å². The Morgan fingerprint density at radius 2 is 2.00 bits per heavy atom. The van der Waals surface area contributed by atoms with E-state index in [1.165, 1.54) is 5.56 Å². The summed E-state index contributed by atoms with van der Waals surface area (Å²) in [5.41, 5.74) is 3.18. The van der Waals surface area contributed by atoms with E-state index in [0.29, 0.717) is 12.4 Å². The fourth-order valence-electron chi connectivity index (χ4n) is 3.26. The Balaban J connectivity index is 1.56. The summed E-state index contributed by atoms with van der Waals surface area (Å²) >= 11 is 7.31. The molecule has 3 aromatic rings. The number of hydrogen-bond donors (Lipinski definition) is 1. The van der Waals surface area contributed by atoms with E-state index in [4.69, 9.17) is 11.6 Å². The van der Waals surface area contributed by atoms with Crippen molar-refractivity contribution in [1.29, 1.82) is 0 Å². The first-order valence-electron chi connectivity index (χ1n) is 8.97. The van der Waals surface area contributed by atoms with Crippen molar-refractivity contribution >= 4 is 50.0 Å². The van der Waals surface area contributed by atoms with Crippen LogP contribution in [0.3, 0.4) is 0 Å². The number of nitrogens with one attached hydrogen (secondary N) is 1. The number of alkyl halides is 1. The number of benzene rings is 2. The molecule has 1 aliphatic rings. The van der Waals surface area contributed by atoms with Gasteiger partial charge in [-0.25, -0.2) is 14.7 Å². The highest BCUT2D eigenvalue weighted by Crippen LogP contribution is 2.33. The number of carbonyl (C=O) groups is 1. The van der Waals surface area contributed by atoms with E-state index in [1.54, 1.807) is 21.1 Å². The molecule has 2 heterocycles. The van der Waals surface area contributed by atoms with Crippen molar-refractivity contribution in [3.63, 3.8) is 0 Å². The van der Waals surface area contributed by atoms with Crippen LogP contribution in [0.4, 0.5) is 15.6 Å². The third-order valence-electron chi connectivity index (χ3n) is 4.67. The Morgan fingerprint density at radius 3 is 2.74 bits per heavy atom. The first-order valence-corrected chi connectivity index (χ1v) is 10.3. The van der Waals surface area contributed by atoms with Crippen LogP contribution in [0.15, 0.2) is 48.5 Å². The third kappa shape index (κ3) is 3.73. The predicted molar refractivity (Wildman–Crippen MR) is 113 cm³/mol. The number of anilines is 2. The average Bonchev–Trinajstić information content (AvgIpc) is 3.22. The van der Waals surface area contributed by atoms with Crippen LogP contribution in [0.25, 0.3) is 10.2 Å². The summed E-state index contributed by atoms with van der Waals surface area (Å²) in [7, 11) is 1.82. The van der Waals surface area contributed by atoms with Crippen molar-refractivity contribution < 1.29 is 4.79 Å². The molecule has 1 saturated heterocycles. The average molecular weight is 401 g/mol. The zero-order valence-corrected chi connectivity index (χ0v) is 16.6. The minimum Gasteiger partial charge on any atom is -0.363 e. The molecule has 0 radical (unpaired) electrons. The van der Waals surface area contributed by atoms with Gasteiger partial charge >= 0.3 is 6.03 Å². The number of aromatic nitrogens is 1. The molecule has 5 nitrogen and oxygen atoms in total. The molecular formula is C20H21ClN4OS. The molecule has 2 aromatic carbocycles. The van der Waals surface area contributed by atoms with Crippen LogP contribution in [0.1, 0.15) is 12.0 Å². The lowest BCUT2D eigenvalue weighted by Gasteiger charge is -2.22. The van der Waals surface area contributed by atoms with Crippen LogP contribution in [0.2, 0.25) is 0 Å². The Labute approximate surface area is 167 Å². The Morgan fingerprint density at radius 1 is 1.22 bits per heavy atom. The quantitative estimate of drug-likeness (QED) is 0.606. The van der Waals surface area contributed by atoms with Gasteiger partial charge in [-0.2, -0.15) is 0 Å². The van der Waals surface area contributed by atoms with Crippen molar-refractivity contribution in [2.24, 2.45) is 0 Å². The van der Waals surface area contributed by atoms with Gasteiger partial charge in [0.15, 0.2) is 5.13 Å². The number of fused-ring (bicyclic) bond motifs is 1. The molecule has 1 fully saturated rings. The van der Waals surface area contributed by atoms with Gasteiger partial charge in [-0.15, -0.1) is 11.6 Å². The summed E-state index contributed by atoms with van der Waals surface area (Å²) in [5, 5.41) is 4.21. The molecule has 1 atom stereocenters. The Hall–Kier alpha value is -2.31. The van der Waals surface area contributed by atoms with E-state index in [9.17, 15) is 4.79 Å². The SMILES string of the molecule is CN1CC(Nc2ccc(CCCCl)cc2)N(c2nc3ccccc3s2)C1=O. The lowest BCUT2D eigenvalue weighted by Crippen LogP contribution is -2.39. The van der Waals surface area contributed by atoms with Crippen LogP contribution in [0.5, 0.6) is 0 Å². The molecular weight excluding hydrogens is 380 g/mol. The van der Waals surface area contributed by atoms with Crippen LogP contribution >= 0.6 is 22.9 Å². The van der Waals surface area contributed by atoms with Gasteiger partial charge < -0.3 is 10.2 Å². The van der Waals surface area contributed by atoms with Gasteiger partial charge in [-0.1, -0.05) is 35.6 Å². The number of para-hydroxylation sites is 1. The van der Waals surface area contributed by atoms with Gasteiger partial charge in [-0.05, 0) is 42.7 Å². The number of rotatable bonds is 6. The third-order valence-corrected chi connectivity index (χ3v) is 5.97. The van der Waals surface area contributed by atoms with E-state index in [0.717, 1.165) is 33.9 Å². The van der Waals surface area contributed by atoms with Crippen molar-refractivity contribution in [2.45, 2.75) is 19.0 Å². The molecule has 1 aromatic heterocycles. The maximum Gasteiger partial charge on any atom is 0.327 e. The fourth-order valence-corrected chi connectivity index (χ4v) is 4.40. The monoisotopic (exact) mass is 400 g/mol. The zero-order valence-electron chi connectivity index (χ0n) is 15.1. The number of hydrogen-bond acceptors (Lipinski definition) is 4. The molecule has 1 N–H and O–H groups in total. The van der Waals surface area contributed by atoms with Gasteiger partial charge in [0, 0.05) is 18.6 Å². The molecule has 4 rings (SSSR count). The number of aryl methyl sites for hydroxylation is 1. The number of carbonyl (C=O) groups excluding carboxylic acids is 1. The molecule has 0 bridgehead atoms. The molecule has 1 unspecified atom stereocenters. The first-order chi connectivity index (χ1) is 13.2. The summed E-state index contributed by atoms with van der Waals surface area (Å²) in [5.74, 6) is 0.674. The van der Waals surface area contributed by atoms with Gasteiger partial charge in [-0.3, -0.25) is 0 Å². The van der Waals surface area contributed by atoms with E-state index < -0.39 is 0 Å². The van der Waals surface area contributed by atoms with Gasteiger partial charge in [0.25, 0.3) is 0 Å². The standard InChI is InChI=1S/C20H21ClN4OS/c1-24-13-18(22-15-10-8-14(9-11-15)5-4-12-21)25(20(24)26)19-23-16-6-2-3-7-17(16)27-19/h2-3,6-11,18,22H,4-5,12-13H2,1H3. The second-order valence-corrected chi connectivity index (χ2v) is 8.03. The molecule has 27 heavy (non-hydrogen) atoms. The lowest BCUT2D eigenvalue weighted by atomic mass is 10.1. The number of likely N-dealkylation sites (N-methyl/N-ethyl adjacent to an activating group) is 1. The molecule has 2 amide bonds. The second kappa shape index (κ2) is 7.74. The number of amides is 2. The molecule has 140 valence electrons. The highest BCUT2D eigenvalue weighted by molar-refractivity contribution is 7.22. The number of nitrogens with zero attached hydrogens (tertiary/aromatic N) is 3. The molecule has 0 spiro atoms. The van der Waals surface area contributed by atoms with Crippen LogP contribution in [-0.4, -0.2) is 41.6 Å². The molecule has 0 aliphatic carbocycles. The normalized spacial score (nSPS) is 17.1. The van der Waals surface area contributed by atoms with Crippen molar-refractivity contribution in [1.82, 2.24) is 9.88 Å².